The minimum absolute atomic E-state index is 0.0265. The molecule has 5 nitrogen and oxygen atoms in total. The number of benzene rings is 2. The normalized spacial score (nSPS) is 16.2. The SMILES string of the molecule is N#CC1=C(N)Oc2c(c(=O)[nH]c3ccccc23)[C@@H]1c1ccc(Br)cc1. The number of halogens is 1. The molecule has 3 N–H and O–H groups in total. The number of aromatic nitrogens is 1. The van der Waals surface area contributed by atoms with Gasteiger partial charge in [-0.1, -0.05) is 40.2 Å². The predicted molar refractivity (Wildman–Crippen MR) is 98.0 cm³/mol. The fourth-order valence-corrected chi connectivity index (χ4v) is 3.42. The summed E-state index contributed by atoms with van der Waals surface area (Å²) in [5.74, 6) is -0.141. The van der Waals surface area contributed by atoms with Gasteiger partial charge in [-0.25, -0.2) is 0 Å². The highest BCUT2D eigenvalue weighted by molar-refractivity contribution is 9.10. The number of nitrogens with two attached hydrogens (primary N) is 1. The van der Waals surface area contributed by atoms with Gasteiger partial charge in [0.2, 0.25) is 5.88 Å². The first kappa shape index (κ1) is 15.5. The first-order valence-corrected chi connectivity index (χ1v) is 8.37. The van der Waals surface area contributed by atoms with Crippen LogP contribution in [0.5, 0.6) is 5.75 Å². The largest absolute Gasteiger partial charge is 0.439 e. The van der Waals surface area contributed by atoms with E-state index in [2.05, 4.69) is 27.0 Å². The van der Waals surface area contributed by atoms with Crippen molar-refractivity contribution in [3.63, 3.8) is 0 Å². The standard InChI is InChI=1S/C19H12BrN3O2/c20-11-7-5-10(6-8-11)15-13(9-21)18(22)25-17-12-3-1-2-4-14(12)23-19(24)16(15)17/h1-8,15H,22H2,(H,23,24)/t15-/m1/s1. The van der Waals surface area contributed by atoms with Crippen molar-refractivity contribution in [1.82, 2.24) is 4.98 Å². The molecule has 0 saturated carbocycles. The minimum atomic E-state index is -0.574. The zero-order valence-electron chi connectivity index (χ0n) is 12.9. The maximum absolute atomic E-state index is 12.8. The Balaban J connectivity index is 2.08. The number of pyridine rings is 1. The van der Waals surface area contributed by atoms with Crippen molar-refractivity contribution in [2.45, 2.75) is 5.92 Å². The number of nitriles is 1. The van der Waals surface area contributed by atoms with E-state index in [4.69, 9.17) is 10.5 Å². The molecule has 1 aromatic heterocycles. The molecule has 0 amide bonds. The lowest BCUT2D eigenvalue weighted by molar-refractivity contribution is 0.397. The van der Waals surface area contributed by atoms with E-state index in [9.17, 15) is 10.1 Å². The molecule has 2 aromatic carbocycles. The number of hydrogen-bond acceptors (Lipinski definition) is 4. The van der Waals surface area contributed by atoms with Crippen molar-refractivity contribution in [3.8, 4) is 11.8 Å². The third-order valence-electron chi connectivity index (χ3n) is 4.29. The van der Waals surface area contributed by atoms with Gasteiger partial charge in [0.25, 0.3) is 5.56 Å². The van der Waals surface area contributed by atoms with Crippen molar-refractivity contribution in [2.75, 3.05) is 0 Å². The van der Waals surface area contributed by atoms with E-state index in [0.717, 1.165) is 15.4 Å². The second kappa shape index (κ2) is 5.80. The van der Waals surface area contributed by atoms with Crippen LogP contribution in [-0.2, 0) is 0 Å². The summed E-state index contributed by atoms with van der Waals surface area (Å²) in [7, 11) is 0. The fourth-order valence-electron chi connectivity index (χ4n) is 3.16. The van der Waals surface area contributed by atoms with E-state index < -0.39 is 5.92 Å². The lowest BCUT2D eigenvalue weighted by Gasteiger charge is -2.26. The summed E-state index contributed by atoms with van der Waals surface area (Å²) in [4.78, 5) is 15.6. The molecule has 0 unspecified atom stereocenters. The summed E-state index contributed by atoms with van der Waals surface area (Å²) in [5, 5.41) is 10.3. The number of hydrogen-bond donors (Lipinski definition) is 2. The van der Waals surface area contributed by atoms with E-state index >= 15 is 0 Å². The molecular weight excluding hydrogens is 382 g/mol. The molecule has 0 radical (unpaired) electrons. The Morgan fingerprint density at radius 3 is 2.60 bits per heavy atom. The van der Waals surface area contributed by atoms with Crippen molar-refractivity contribution in [1.29, 1.82) is 5.26 Å². The molecule has 0 bridgehead atoms. The van der Waals surface area contributed by atoms with Crippen LogP contribution in [0.15, 0.2) is 69.3 Å². The summed E-state index contributed by atoms with van der Waals surface area (Å²) in [5.41, 5.74) is 7.81. The van der Waals surface area contributed by atoms with Gasteiger partial charge in [-0.2, -0.15) is 5.26 Å². The van der Waals surface area contributed by atoms with Crippen LogP contribution in [0.1, 0.15) is 17.0 Å². The third-order valence-corrected chi connectivity index (χ3v) is 4.82. The predicted octanol–water partition coefficient (Wildman–Crippen LogP) is 3.51. The minimum Gasteiger partial charge on any atom is -0.439 e. The Morgan fingerprint density at radius 1 is 1.16 bits per heavy atom. The van der Waals surface area contributed by atoms with E-state index in [1.165, 1.54) is 0 Å². The van der Waals surface area contributed by atoms with Crippen LogP contribution in [0.4, 0.5) is 0 Å². The van der Waals surface area contributed by atoms with Gasteiger partial charge in [0.1, 0.15) is 17.4 Å². The highest BCUT2D eigenvalue weighted by Crippen LogP contribution is 2.42. The smallest absolute Gasteiger partial charge is 0.256 e. The first-order valence-electron chi connectivity index (χ1n) is 7.58. The molecule has 6 heteroatoms. The summed E-state index contributed by atoms with van der Waals surface area (Å²) >= 11 is 3.40. The van der Waals surface area contributed by atoms with E-state index in [0.29, 0.717) is 16.8 Å². The zero-order chi connectivity index (χ0) is 17.6. The molecule has 1 aliphatic heterocycles. The number of nitrogens with one attached hydrogen (secondary N) is 1. The Morgan fingerprint density at radius 2 is 1.88 bits per heavy atom. The molecule has 2 heterocycles. The lowest BCUT2D eigenvalue weighted by Crippen LogP contribution is -2.27. The highest BCUT2D eigenvalue weighted by Gasteiger charge is 2.34. The van der Waals surface area contributed by atoms with Crippen LogP contribution in [0, 0.1) is 11.3 Å². The van der Waals surface area contributed by atoms with Crippen LogP contribution < -0.4 is 16.0 Å². The summed E-state index contributed by atoms with van der Waals surface area (Å²) in [6, 6.07) is 16.9. The van der Waals surface area contributed by atoms with Crippen LogP contribution in [0.2, 0.25) is 0 Å². The molecule has 1 aliphatic rings. The van der Waals surface area contributed by atoms with E-state index in [-0.39, 0.29) is 17.0 Å². The quantitative estimate of drug-likeness (QED) is 0.661. The van der Waals surface area contributed by atoms with Crippen molar-refractivity contribution >= 4 is 26.8 Å². The molecule has 0 spiro atoms. The van der Waals surface area contributed by atoms with Gasteiger partial charge in [0.05, 0.1) is 17.0 Å². The van der Waals surface area contributed by atoms with Crippen LogP contribution >= 0.6 is 15.9 Å². The molecular formula is C19H12BrN3O2. The van der Waals surface area contributed by atoms with Crippen LogP contribution in [0.25, 0.3) is 10.9 Å². The molecule has 0 aliphatic carbocycles. The summed E-state index contributed by atoms with van der Waals surface area (Å²) in [6.45, 7) is 0. The van der Waals surface area contributed by atoms with Crippen LogP contribution in [-0.4, -0.2) is 4.98 Å². The molecule has 0 fully saturated rings. The van der Waals surface area contributed by atoms with Gasteiger partial charge >= 0.3 is 0 Å². The molecule has 1 atom stereocenters. The number of fused-ring (bicyclic) bond motifs is 3. The zero-order valence-corrected chi connectivity index (χ0v) is 14.5. The summed E-state index contributed by atoms with van der Waals surface area (Å²) < 4.78 is 6.62. The van der Waals surface area contributed by atoms with Gasteiger partial charge in [-0.15, -0.1) is 0 Å². The van der Waals surface area contributed by atoms with Gasteiger partial charge in [0.15, 0.2) is 0 Å². The third kappa shape index (κ3) is 2.41. The lowest BCUT2D eigenvalue weighted by atomic mass is 9.83. The number of allylic oxidation sites excluding steroid dienone is 1. The monoisotopic (exact) mass is 393 g/mol. The van der Waals surface area contributed by atoms with Crippen molar-refractivity contribution in [3.05, 3.63) is 85.9 Å². The van der Waals surface area contributed by atoms with Gasteiger partial charge in [0, 0.05) is 9.86 Å². The van der Waals surface area contributed by atoms with Gasteiger partial charge in [-0.3, -0.25) is 4.79 Å². The van der Waals surface area contributed by atoms with E-state index in [1.54, 1.807) is 6.07 Å². The average Bonchev–Trinajstić information content (AvgIpc) is 2.61. The van der Waals surface area contributed by atoms with Gasteiger partial charge < -0.3 is 15.5 Å². The maximum Gasteiger partial charge on any atom is 0.256 e. The van der Waals surface area contributed by atoms with Gasteiger partial charge in [-0.05, 0) is 29.8 Å². The number of aromatic amines is 1. The molecule has 0 saturated heterocycles. The highest BCUT2D eigenvalue weighted by atomic mass is 79.9. The Hall–Kier alpha value is -3.04. The topological polar surface area (TPSA) is 91.9 Å². The second-order valence-corrected chi connectivity index (χ2v) is 6.63. The Labute approximate surface area is 151 Å². The number of H-pyrrole nitrogens is 1. The fraction of sp³-hybridized carbons (Fsp3) is 0.0526. The summed E-state index contributed by atoms with van der Waals surface area (Å²) in [6.07, 6.45) is 0. The Kier molecular flexibility index (Phi) is 3.59. The number of para-hydroxylation sites is 1. The number of ether oxygens (including phenoxy) is 1. The van der Waals surface area contributed by atoms with Crippen molar-refractivity contribution < 1.29 is 4.74 Å². The maximum atomic E-state index is 12.8. The molecule has 4 rings (SSSR count). The van der Waals surface area contributed by atoms with Crippen LogP contribution in [0.3, 0.4) is 0 Å². The Bertz CT molecular complexity index is 1120. The van der Waals surface area contributed by atoms with E-state index in [1.807, 2.05) is 42.5 Å². The number of rotatable bonds is 1. The molecule has 122 valence electrons. The first-order chi connectivity index (χ1) is 12.1. The molecule has 3 aromatic rings. The number of nitrogens with zero attached hydrogens (tertiary/aromatic N) is 1. The molecule has 25 heavy (non-hydrogen) atoms. The van der Waals surface area contributed by atoms with Crippen molar-refractivity contribution in [2.24, 2.45) is 5.73 Å². The average molecular weight is 394 g/mol. The second-order valence-electron chi connectivity index (χ2n) is 5.72.